The molecule has 1 N–H and O–H groups in total. The van der Waals surface area contributed by atoms with Crippen molar-refractivity contribution in [2.75, 3.05) is 0 Å². The van der Waals surface area contributed by atoms with Gasteiger partial charge in [0.2, 0.25) is 0 Å². The number of H-pyrrole nitrogens is 1. The molecule has 29 heavy (non-hydrogen) atoms. The quantitative estimate of drug-likeness (QED) is 0.556. The van der Waals surface area contributed by atoms with Crippen LogP contribution in [0.3, 0.4) is 0 Å². The highest BCUT2D eigenvalue weighted by Gasteiger charge is 2.19. The van der Waals surface area contributed by atoms with E-state index in [9.17, 15) is 19.2 Å². The Hall–Kier alpha value is -3.50. The standard InChI is InChI=1S/C18H22N6O5/c1-4-6-9-24-15-14(16(26)20-18(24)28)23(5-2)12(19-15)10-29-17(27)11-7-8-13(25)22(3)21-11/h7-8H,4-6,9-10H2,1-3H3,(H,20,26,28). The van der Waals surface area contributed by atoms with Crippen LogP contribution in [-0.4, -0.2) is 34.9 Å². The molecule has 0 bridgehead atoms. The molecule has 3 rings (SSSR count). The number of imidazole rings is 1. The first-order valence-corrected chi connectivity index (χ1v) is 9.31. The fourth-order valence-electron chi connectivity index (χ4n) is 3.01. The van der Waals surface area contributed by atoms with E-state index in [1.165, 1.54) is 23.7 Å². The van der Waals surface area contributed by atoms with Crippen LogP contribution in [-0.2, 0) is 31.5 Å². The molecule has 3 heterocycles. The van der Waals surface area contributed by atoms with Gasteiger partial charge in [0.15, 0.2) is 16.9 Å². The van der Waals surface area contributed by atoms with Crippen molar-refractivity contribution >= 4 is 17.1 Å². The van der Waals surface area contributed by atoms with Gasteiger partial charge in [0.05, 0.1) is 0 Å². The molecule has 3 aromatic heterocycles. The number of rotatable bonds is 7. The number of nitrogens with zero attached hydrogens (tertiary/aromatic N) is 5. The van der Waals surface area contributed by atoms with Gasteiger partial charge in [-0.3, -0.25) is 19.1 Å². The van der Waals surface area contributed by atoms with Crippen molar-refractivity contribution in [2.24, 2.45) is 7.05 Å². The van der Waals surface area contributed by atoms with Crippen LogP contribution >= 0.6 is 0 Å². The van der Waals surface area contributed by atoms with Crippen LogP contribution in [0.5, 0.6) is 0 Å². The summed E-state index contributed by atoms with van der Waals surface area (Å²) >= 11 is 0. The van der Waals surface area contributed by atoms with Gasteiger partial charge in [-0.1, -0.05) is 13.3 Å². The number of nitrogens with one attached hydrogen (secondary N) is 1. The Kier molecular flexibility index (Phi) is 5.76. The molecule has 11 heteroatoms. The van der Waals surface area contributed by atoms with Gasteiger partial charge in [-0.05, 0) is 19.4 Å². The molecular formula is C18H22N6O5. The van der Waals surface area contributed by atoms with Gasteiger partial charge in [0, 0.05) is 26.2 Å². The molecule has 11 nitrogen and oxygen atoms in total. The predicted octanol–water partition coefficient (Wildman–Crippen LogP) is 0.157. The molecule has 154 valence electrons. The molecule has 3 aromatic rings. The number of aryl methyl sites for hydroxylation is 3. The van der Waals surface area contributed by atoms with E-state index in [0.29, 0.717) is 18.9 Å². The second kappa shape index (κ2) is 8.25. The van der Waals surface area contributed by atoms with E-state index in [4.69, 9.17) is 4.74 Å². The molecular weight excluding hydrogens is 380 g/mol. The lowest BCUT2D eigenvalue weighted by atomic mass is 10.3. The average molecular weight is 402 g/mol. The summed E-state index contributed by atoms with van der Waals surface area (Å²) in [7, 11) is 1.43. The maximum atomic E-state index is 12.4. The monoisotopic (exact) mass is 402 g/mol. The summed E-state index contributed by atoms with van der Waals surface area (Å²) in [6.45, 7) is 4.42. The number of fused-ring (bicyclic) bond motifs is 1. The number of ether oxygens (including phenoxy) is 1. The summed E-state index contributed by atoms with van der Waals surface area (Å²) in [6, 6.07) is 2.50. The fraction of sp³-hybridized carbons (Fsp3) is 0.444. The largest absolute Gasteiger partial charge is 0.453 e. The number of aromatic amines is 1. The minimum absolute atomic E-state index is 0.0241. The maximum Gasteiger partial charge on any atom is 0.359 e. The van der Waals surface area contributed by atoms with E-state index in [-0.39, 0.29) is 29.0 Å². The second-order valence-corrected chi connectivity index (χ2v) is 6.47. The van der Waals surface area contributed by atoms with Crippen molar-refractivity contribution < 1.29 is 9.53 Å². The van der Waals surface area contributed by atoms with Crippen molar-refractivity contribution in [3.05, 3.63) is 54.8 Å². The Morgan fingerprint density at radius 1 is 1.17 bits per heavy atom. The normalized spacial score (nSPS) is 11.1. The Balaban J connectivity index is 1.96. The van der Waals surface area contributed by atoms with Crippen LogP contribution in [0.1, 0.15) is 43.0 Å². The lowest BCUT2D eigenvalue weighted by molar-refractivity contribution is 0.0448. The Bertz CT molecular complexity index is 1230. The smallest absolute Gasteiger partial charge is 0.359 e. The van der Waals surface area contributed by atoms with Crippen LogP contribution in [0.25, 0.3) is 11.2 Å². The summed E-state index contributed by atoms with van der Waals surface area (Å²) in [5, 5.41) is 3.85. The zero-order valence-electron chi connectivity index (χ0n) is 16.5. The van der Waals surface area contributed by atoms with Crippen molar-refractivity contribution in [1.29, 1.82) is 0 Å². The molecule has 0 aliphatic carbocycles. The van der Waals surface area contributed by atoms with E-state index < -0.39 is 17.2 Å². The summed E-state index contributed by atoms with van der Waals surface area (Å²) in [6.07, 6.45) is 1.63. The SMILES string of the molecule is CCCCn1c(=O)[nH]c(=O)c2c1nc(COC(=O)c1ccc(=O)n(C)n1)n2CC. The molecule has 0 saturated carbocycles. The highest BCUT2D eigenvalue weighted by atomic mass is 16.5. The molecule has 0 unspecified atom stereocenters. The number of carbonyl (C=O) groups is 1. The minimum Gasteiger partial charge on any atom is -0.453 e. The van der Waals surface area contributed by atoms with Crippen LogP contribution in [0.4, 0.5) is 0 Å². The Morgan fingerprint density at radius 3 is 2.59 bits per heavy atom. The number of hydrogen-bond donors (Lipinski definition) is 1. The zero-order valence-corrected chi connectivity index (χ0v) is 16.5. The molecule has 0 aliphatic rings. The van der Waals surface area contributed by atoms with Crippen molar-refractivity contribution in [3.8, 4) is 0 Å². The highest BCUT2D eigenvalue weighted by Crippen LogP contribution is 2.13. The fourth-order valence-corrected chi connectivity index (χ4v) is 3.01. The van der Waals surface area contributed by atoms with Crippen LogP contribution in [0.15, 0.2) is 26.5 Å². The number of hydrogen-bond acceptors (Lipinski definition) is 7. The number of unbranched alkanes of at least 4 members (excludes halogenated alkanes) is 1. The summed E-state index contributed by atoms with van der Waals surface area (Å²) in [5.41, 5.74) is -0.906. The van der Waals surface area contributed by atoms with E-state index in [2.05, 4.69) is 15.1 Å². The third kappa shape index (κ3) is 3.89. The highest BCUT2D eigenvalue weighted by molar-refractivity contribution is 5.86. The second-order valence-electron chi connectivity index (χ2n) is 6.47. The summed E-state index contributed by atoms with van der Waals surface area (Å²) in [4.78, 5) is 55.0. The third-order valence-corrected chi connectivity index (χ3v) is 4.52. The lowest BCUT2D eigenvalue weighted by Gasteiger charge is -2.07. The Labute approximate surface area is 164 Å². The molecule has 0 fully saturated rings. The first-order valence-electron chi connectivity index (χ1n) is 9.31. The molecule has 0 aliphatic heterocycles. The van der Waals surface area contributed by atoms with Gasteiger partial charge in [-0.15, -0.1) is 0 Å². The minimum atomic E-state index is -0.729. The van der Waals surface area contributed by atoms with Gasteiger partial charge >= 0.3 is 11.7 Å². The van der Waals surface area contributed by atoms with E-state index in [1.54, 1.807) is 4.57 Å². The van der Waals surface area contributed by atoms with E-state index in [1.807, 2.05) is 13.8 Å². The molecule has 0 amide bonds. The molecule has 0 spiro atoms. The lowest BCUT2D eigenvalue weighted by Crippen LogP contribution is -2.31. The van der Waals surface area contributed by atoms with Crippen molar-refractivity contribution in [2.45, 2.75) is 46.4 Å². The third-order valence-electron chi connectivity index (χ3n) is 4.52. The average Bonchev–Trinajstić information content (AvgIpc) is 3.07. The van der Waals surface area contributed by atoms with Gasteiger partial charge in [-0.25, -0.2) is 19.3 Å². The molecule has 0 saturated heterocycles. The van der Waals surface area contributed by atoms with Gasteiger partial charge < -0.3 is 9.30 Å². The molecule has 0 aromatic carbocycles. The Morgan fingerprint density at radius 2 is 1.93 bits per heavy atom. The van der Waals surface area contributed by atoms with Crippen LogP contribution in [0, 0.1) is 0 Å². The number of aromatic nitrogens is 6. The molecule has 0 radical (unpaired) electrons. The van der Waals surface area contributed by atoms with Gasteiger partial charge in [0.1, 0.15) is 12.4 Å². The summed E-state index contributed by atoms with van der Waals surface area (Å²) in [5.74, 6) is -0.394. The van der Waals surface area contributed by atoms with Gasteiger partial charge in [0.25, 0.3) is 11.1 Å². The van der Waals surface area contributed by atoms with Crippen LogP contribution < -0.4 is 16.8 Å². The van der Waals surface area contributed by atoms with Crippen molar-refractivity contribution in [1.82, 2.24) is 28.9 Å². The molecule has 0 atom stereocenters. The topological polar surface area (TPSA) is 134 Å². The number of esters is 1. The van der Waals surface area contributed by atoms with Gasteiger partial charge in [-0.2, -0.15) is 5.10 Å². The predicted molar refractivity (Wildman–Crippen MR) is 104 cm³/mol. The van der Waals surface area contributed by atoms with Crippen molar-refractivity contribution in [3.63, 3.8) is 0 Å². The summed E-state index contributed by atoms with van der Waals surface area (Å²) < 4.78 is 9.34. The first kappa shape index (κ1) is 20.2. The number of carbonyl (C=O) groups excluding carboxylic acids is 1. The maximum absolute atomic E-state index is 12.4. The van der Waals surface area contributed by atoms with E-state index in [0.717, 1.165) is 17.5 Å². The van der Waals surface area contributed by atoms with E-state index >= 15 is 0 Å². The zero-order chi connectivity index (χ0) is 21.1. The first-order chi connectivity index (χ1) is 13.9. The van der Waals surface area contributed by atoms with Crippen LogP contribution in [0.2, 0.25) is 0 Å².